The first kappa shape index (κ1) is 21.3. The van der Waals surface area contributed by atoms with E-state index in [1.54, 1.807) is 25.5 Å². The highest BCUT2D eigenvalue weighted by molar-refractivity contribution is 5.95. The number of hydrogen-bond acceptors (Lipinski definition) is 5. The molecule has 0 heterocycles. The number of hydrazone groups is 1. The van der Waals surface area contributed by atoms with E-state index in [9.17, 15) is 4.79 Å². The number of rotatable bonds is 9. The Morgan fingerprint density at radius 3 is 2.39 bits per heavy atom. The van der Waals surface area contributed by atoms with Crippen molar-refractivity contribution in [1.82, 2.24) is 5.43 Å². The maximum absolute atomic E-state index is 12.3. The number of nitrogens with zero attached hydrogens (tertiary/aromatic N) is 2. The van der Waals surface area contributed by atoms with Gasteiger partial charge in [0.05, 0.1) is 19.4 Å². The molecule has 0 aliphatic carbocycles. The fourth-order valence-electron chi connectivity index (χ4n) is 2.79. The van der Waals surface area contributed by atoms with Crippen LogP contribution in [0.3, 0.4) is 0 Å². The van der Waals surface area contributed by atoms with Crippen LogP contribution in [0.1, 0.15) is 43.6 Å². The van der Waals surface area contributed by atoms with E-state index in [1.165, 1.54) is 0 Å². The zero-order valence-corrected chi connectivity index (χ0v) is 17.2. The van der Waals surface area contributed by atoms with Gasteiger partial charge >= 0.3 is 0 Å². The monoisotopic (exact) mass is 383 g/mol. The molecule has 0 atom stereocenters. The summed E-state index contributed by atoms with van der Waals surface area (Å²) >= 11 is 0. The number of amides is 1. The van der Waals surface area contributed by atoms with E-state index in [4.69, 9.17) is 9.47 Å². The first-order chi connectivity index (χ1) is 13.5. The molecule has 6 heteroatoms. The van der Waals surface area contributed by atoms with Crippen molar-refractivity contribution in [2.75, 3.05) is 25.1 Å². The van der Waals surface area contributed by atoms with E-state index in [0.717, 1.165) is 24.3 Å². The summed E-state index contributed by atoms with van der Waals surface area (Å²) < 4.78 is 11.2. The second kappa shape index (κ2) is 10.3. The van der Waals surface area contributed by atoms with Gasteiger partial charge in [0.15, 0.2) is 11.5 Å². The third kappa shape index (κ3) is 5.49. The summed E-state index contributed by atoms with van der Waals surface area (Å²) in [6.07, 6.45) is 1.55. The zero-order chi connectivity index (χ0) is 20.5. The summed E-state index contributed by atoms with van der Waals surface area (Å²) in [5.41, 5.74) is 4.94. The molecule has 1 amide bonds. The van der Waals surface area contributed by atoms with Crippen LogP contribution in [0.4, 0.5) is 5.69 Å². The molecule has 2 aromatic carbocycles. The lowest BCUT2D eigenvalue weighted by Crippen LogP contribution is -2.22. The quantitative estimate of drug-likeness (QED) is 0.523. The van der Waals surface area contributed by atoms with Gasteiger partial charge in [0.1, 0.15) is 0 Å². The predicted octanol–water partition coefficient (Wildman–Crippen LogP) is 4.09. The van der Waals surface area contributed by atoms with E-state index >= 15 is 0 Å². The summed E-state index contributed by atoms with van der Waals surface area (Å²) in [4.78, 5) is 14.6. The zero-order valence-electron chi connectivity index (χ0n) is 17.2. The van der Waals surface area contributed by atoms with Crippen LogP contribution in [0, 0.1) is 0 Å². The van der Waals surface area contributed by atoms with Crippen LogP contribution in [0.2, 0.25) is 0 Å². The molecule has 0 radical (unpaired) electrons. The van der Waals surface area contributed by atoms with Crippen molar-refractivity contribution in [2.24, 2.45) is 5.10 Å². The van der Waals surface area contributed by atoms with Crippen LogP contribution in [0.5, 0.6) is 11.5 Å². The second-order valence-corrected chi connectivity index (χ2v) is 6.46. The SMILES string of the molecule is CCN(CC)c1ccc(C(=O)N/N=C\c2cccc(OC)c2OC(C)C)cc1. The minimum atomic E-state index is -0.267. The summed E-state index contributed by atoms with van der Waals surface area (Å²) in [6, 6.07) is 13.0. The lowest BCUT2D eigenvalue weighted by molar-refractivity contribution is 0.0955. The Kier molecular flexibility index (Phi) is 7.87. The summed E-state index contributed by atoms with van der Waals surface area (Å²) in [5.74, 6) is 0.953. The smallest absolute Gasteiger partial charge is 0.271 e. The fraction of sp³-hybridized carbons (Fsp3) is 0.364. The highest BCUT2D eigenvalue weighted by atomic mass is 16.5. The molecule has 150 valence electrons. The van der Waals surface area contributed by atoms with Crippen molar-refractivity contribution in [3.8, 4) is 11.5 Å². The topological polar surface area (TPSA) is 63.2 Å². The van der Waals surface area contributed by atoms with Gasteiger partial charge in [-0.15, -0.1) is 0 Å². The van der Waals surface area contributed by atoms with Gasteiger partial charge in [-0.2, -0.15) is 5.10 Å². The Balaban J connectivity index is 2.09. The van der Waals surface area contributed by atoms with Crippen molar-refractivity contribution < 1.29 is 14.3 Å². The van der Waals surface area contributed by atoms with Gasteiger partial charge in [-0.1, -0.05) is 6.07 Å². The molecule has 6 nitrogen and oxygen atoms in total. The van der Waals surface area contributed by atoms with Crippen LogP contribution in [-0.4, -0.2) is 38.4 Å². The summed E-state index contributed by atoms with van der Waals surface area (Å²) in [6.45, 7) is 9.94. The molecule has 0 bridgehead atoms. The van der Waals surface area contributed by atoms with Crippen molar-refractivity contribution in [1.29, 1.82) is 0 Å². The van der Waals surface area contributed by atoms with E-state index in [2.05, 4.69) is 29.3 Å². The Labute approximate surface area is 167 Å². The molecule has 0 spiro atoms. The molecule has 0 unspecified atom stereocenters. The number of ether oxygens (including phenoxy) is 2. The maximum Gasteiger partial charge on any atom is 0.271 e. The predicted molar refractivity (Wildman–Crippen MR) is 114 cm³/mol. The minimum absolute atomic E-state index is 0.0117. The van der Waals surface area contributed by atoms with Crippen LogP contribution >= 0.6 is 0 Å². The lowest BCUT2D eigenvalue weighted by atomic mass is 10.2. The lowest BCUT2D eigenvalue weighted by Gasteiger charge is -2.20. The molecular weight excluding hydrogens is 354 g/mol. The molecule has 2 rings (SSSR count). The third-order valence-corrected chi connectivity index (χ3v) is 4.21. The second-order valence-electron chi connectivity index (χ2n) is 6.46. The number of anilines is 1. The Bertz CT molecular complexity index is 797. The molecule has 0 aliphatic heterocycles. The van der Waals surface area contributed by atoms with Gasteiger partial charge < -0.3 is 14.4 Å². The molecule has 2 aromatic rings. The number of methoxy groups -OCH3 is 1. The normalized spacial score (nSPS) is 10.9. The molecule has 0 aliphatic rings. The molecule has 0 saturated carbocycles. The van der Waals surface area contributed by atoms with Crippen molar-refractivity contribution in [3.63, 3.8) is 0 Å². The van der Waals surface area contributed by atoms with Crippen LogP contribution < -0.4 is 19.8 Å². The molecular formula is C22H29N3O3. The first-order valence-electron chi connectivity index (χ1n) is 9.52. The fourth-order valence-corrected chi connectivity index (χ4v) is 2.79. The molecule has 1 N–H and O–H groups in total. The summed E-state index contributed by atoms with van der Waals surface area (Å²) in [5, 5.41) is 4.08. The maximum atomic E-state index is 12.3. The Morgan fingerprint density at radius 1 is 1.14 bits per heavy atom. The number of para-hydroxylation sites is 1. The average Bonchev–Trinajstić information content (AvgIpc) is 2.70. The molecule has 0 aromatic heterocycles. The largest absolute Gasteiger partial charge is 0.493 e. The molecule has 28 heavy (non-hydrogen) atoms. The van der Waals surface area contributed by atoms with E-state index in [0.29, 0.717) is 17.1 Å². The van der Waals surface area contributed by atoms with Gasteiger partial charge in [0, 0.05) is 29.9 Å². The van der Waals surface area contributed by atoms with Gasteiger partial charge in [-0.05, 0) is 64.1 Å². The van der Waals surface area contributed by atoms with E-state index in [-0.39, 0.29) is 12.0 Å². The Hall–Kier alpha value is -3.02. The van der Waals surface area contributed by atoms with Crippen molar-refractivity contribution >= 4 is 17.8 Å². The number of nitrogens with one attached hydrogen (secondary N) is 1. The molecule has 0 saturated heterocycles. The highest BCUT2D eigenvalue weighted by Gasteiger charge is 2.11. The number of benzene rings is 2. The number of carbonyl (C=O) groups is 1. The van der Waals surface area contributed by atoms with Crippen LogP contribution in [-0.2, 0) is 0 Å². The highest BCUT2D eigenvalue weighted by Crippen LogP contribution is 2.30. The minimum Gasteiger partial charge on any atom is -0.493 e. The van der Waals surface area contributed by atoms with E-state index < -0.39 is 0 Å². The van der Waals surface area contributed by atoms with Gasteiger partial charge in [0.25, 0.3) is 5.91 Å². The average molecular weight is 383 g/mol. The van der Waals surface area contributed by atoms with Gasteiger partial charge in [0.2, 0.25) is 0 Å². The molecule has 0 fully saturated rings. The van der Waals surface area contributed by atoms with E-state index in [1.807, 2.05) is 44.2 Å². The Morgan fingerprint density at radius 2 is 1.82 bits per heavy atom. The number of carbonyl (C=O) groups excluding carboxylic acids is 1. The van der Waals surface area contributed by atoms with Crippen LogP contribution in [0.25, 0.3) is 0 Å². The standard InChI is InChI=1S/C22H29N3O3/c1-6-25(7-2)19-13-11-17(12-14-19)22(26)24-23-15-18-9-8-10-20(27-5)21(18)28-16(3)4/h8-16H,6-7H2,1-5H3,(H,24,26)/b23-15-. The first-order valence-corrected chi connectivity index (χ1v) is 9.52. The van der Waals surface area contributed by atoms with Gasteiger partial charge in [-0.25, -0.2) is 5.43 Å². The third-order valence-electron chi connectivity index (χ3n) is 4.21. The summed E-state index contributed by atoms with van der Waals surface area (Å²) in [7, 11) is 1.59. The van der Waals surface area contributed by atoms with Gasteiger partial charge in [-0.3, -0.25) is 4.79 Å². The van der Waals surface area contributed by atoms with Crippen molar-refractivity contribution in [2.45, 2.75) is 33.8 Å². The number of hydrogen-bond donors (Lipinski definition) is 1. The van der Waals surface area contributed by atoms with Crippen LogP contribution in [0.15, 0.2) is 47.6 Å². The van der Waals surface area contributed by atoms with Crippen molar-refractivity contribution in [3.05, 3.63) is 53.6 Å².